The Morgan fingerprint density at radius 3 is 2.75 bits per heavy atom. The van der Waals surface area contributed by atoms with Gasteiger partial charge in [0.15, 0.2) is 0 Å². The van der Waals surface area contributed by atoms with Gasteiger partial charge >= 0.3 is 0 Å². The maximum absolute atomic E-state index is 2.44. The Balaban J connectivity index is 2.07. The number of thioether (sulfide) groups is 1. The van der Waals surface area contributed by atoms with Crippen LogP contribution in [0.1, 0.15) is 26.2 Å². The van der Waals surface area contributed by atoms with Crippen LogP contribution in [-0.4, -0.2) is 29.5 Å². The number of nitrogens with zero attached hydrogens (tertiary/aromatic N) is 1. The van der Waals surface area contributed by atoms with E-state index in [0.717, 1.165) is 0 Å². The van der Waals surface area contributed by atoms with Crippen molar-refractivity contribution in [2.24, 2.45) is 0 Å². The van der Waals surface area contributed by atoms with Gasteiger partial charge in [-0.1, -0.05) is 25.8 Å². The van der Waals surface area contributed by atoms with Gasteiger partial charge in [-0.15, -0.1) is 0 Å². The smallest absolute Gasteiger partial charge is 0.0263 e. The third kappa shape index (κ3) is 4.05. The molecule has 1 heterocycles. The molecule has 70 valence electrons. The van der Waals surface area contributed by atoms with E-state index < -0.39 is 0 Å². The fourth-order valence-corrected chi connectivity index (χ4v) is 2.20. The van der Waals surface area contributed by atoms with Crippen LogP contribution in [0.25, 0.3) is 0 Å². The van der Waals surface area contributed by atoms with Gasteiger partial charge in [0.25, 0.3) is 0 Å². The number of hydrogen-bond acceptors (Lipinski definition) is 2. The van der Waals surface area contributed by atoms with E-state index in [1.807, 2.05) is 0 Å². The molecule has 0 aliphatic carbocycles. The molecule has 0 amide bonds. The molecule has 0 spiro atoms. The summed E-state index contributed by atoms with van der Waals surface area (Å²) in [5.74, 6) is 2.61. The molecule has 1 aliphatic heterocycles. The molecule has 0 aromatic rings. The summed E-state index contributed by atoms with van der Waals surface area (Å²) in [6.07, 6.45) is 8.49. The Kier molecular flexibility index (Phi) is 5.33. The van der Waals surface area contributed by atoms with Crippen molar-refractivity contribution in [3.8, 4) is 0 Å². The summed E-state index contributed by atoms with van der Waals surface area (Å²) in [6.45, 7) is 4.73. The lowest BCUT2D eigenvalue weighted by Gasteiger charge is -2.24. The lowest BCUT2D eigenvalue weighted by Crippen LogP contribution is -2.27. The molecule has 0 radical (unpaired) electrons. The molecular formula is C10H19NS. The Labute approximate surface area is 80.2 Å². The van der Waals surface area contributed by atoms with E-state index in [1.165, 1.54) is 43.9 Å². The molecule has 1 aliphatic rings. The first kappa shape index (κ1) is 9.97. The van der Waals surface area contributed by atoms with Gasteiger partial charge in [0.2, 0.25) is 0 Å². The topological polar surface area (TPSA) is 3.24 Å². The van der Waals surface area contributed by atoms with Crippen LogP contribution in [0.2, 0.25) is 0 Å². The van der Waals surface area contributed by atoms with Gasteiger partial charge in [0.1, 0.15) is 0 Å². The molecule has 0 atom stereocenters. The standard InChI is InChI=1S/C10H19NS/c1-2-3-4-5-6-11-7-9-12-10-8-11/h5-6H,2-4,7-10H2,1H3. The first-order valence-electron chi connectivity index (χ1n) is 4.92. The van der Waals surface area contributed by atoms with Crippen molar-refractivity contribution in [3.05, 3.63) is 12.3 Å². The Morgan fingerprint density at radius 2 is 2.08 bits per heavy atom. The Hall–Kier alpha value is -0.110. The van der Waals surface area contributed by atoms with Crippen LogP contribution >= 0.6 is 11.8 Å². The predicted molar refractivity (Wildman–Crippen MR) is 57.6 cm³/mol. The third-order valence-electron chi connectivity index (χ3n) is 2.09. The van der Waals surface area contributed by atoms with Crippen molar-refractivity contribution < 1.29 is 0 Å². The molecule has 1 fully saturated rings. The number of rotatable bonds is 4. The molecular weight excluding hydrogens is 166 g/mol. The van der Waals surface area contributed by atoms with E-state index >= 15 is 0 Å². The van der Waals surface area contributed by atoms with E-state index in [9.17, 15) is 0 Å². The predicted octanol–water partition coefficient (Wildman–Crippen LogP) is 2.74. The minimum absolute atomic E-state index is 1.24. The summed E-state index contributed by atoms with van der Waals surface area (Å²) in [7, 11) is 0. The van der Waals surface area contributed by atoms with Crippen LogP contribution in [0.4, 0.5) is 0 Å². The highest BCUT2D eigenvalue weighted by atomic mass is 32.2. The molecule has 0 N–H and O–H groups in total. The second-order valence-electron chi connectivity index (χ2n) is 3.18. The molecule has 0 aromatic carbocycles. The van der Waals surface area contributed by atoms with E-state index in [1.54, 1.807) is 0 Å². The number of allylic oxidation sites excluding steroid dienone is 1. The molecule has 1 nitrogen and oxygen atoms in total. The zero-order chi connectivity index (χ0) is 8.65. The maximum atomic E-state index is 2.44. The van der Waals surface area contributed by atoms with E-state index in [0.29, 0.717) is 0 Å². The molecule has 2 heteroatoms. The highest BCUT2D eigenvalue weighted by molar-refractivity contribution is 7.99. The average molecular weight is 185 g/mol. The van der Waals surface area contributed by atoms with Crippen LogP contribution in [-0.2, 0) is 0 Å². The molecule has 0 unspecified atom stereocenters. The van der Waals surface area contributed by atoms with Crippen LogP contribution in [0, 0.1) is 0 Å². The van der Waals surface area contributed by atoms with Gasteiger partial charge in [-0.3, -0.25) is 0 Å². The monoisotopic (exact) mass is 185 g/mol. The molecule has 1 rings (SSSR count). The zero-order valence-corrected chi connectivity index (χ0v) is 8.78. The van der Waals surface area contributed by atoms with Crippen molar-refractivity contribution >= 4 is 11.8 Å². The van der Waals surface area contributed by atoms with Crippen LogP contribution in [0.15, 0.2) is 12.3 Å². The summed E-state index contributed by atoms with van der Waals surface area (Å²) in [6, 6.07) is 0. The van der Waals surface area contributed by atoms with Crippen molar-refractivity contribution in [2.75, 3.05) is 24.6 Å². The van der Waals surface area contributed by atoms with Gasteiger partial charge in [0.05, 0.1) is 0 Å². The van der Waals surface area contributed by atoms with Crippen molar-refractivity contribution in [1.29, 1.82) is 0 Å². The SMILES string of the molecule is CCCCC=CN1CCSCC1. The lowest BCUT2D eigenvalue weighted by molar-refractivity contribution is 0.415. The fourth-order valence-electron chi connectivity index (χ4n) is 1.27. The number of unbranched alkanes of at least 4 members (excludes halogenated alkanes) is 2. The Morgan fingerprint density at radius 1 is 1.33 bits per heavy atom. The van der Waals surface area contributed by atoms with Gasteiger partial charge in [-0.2, -0.15) is 11.8 Å². The molecule has 0 aromatic heterocycles. The third-order valence-corrected chi connectivity index (χ3v) is 3.03. The summed E-state index contributed by atoms with van der Waals surface area (Å²) in [4.78, 5) is 2.44. The maximum Gasteiger partial charge on any atom is 0.0263 e. The molecule has 12 heavy (non-hydrogen) atoms. The molecule has 0 bridgehead atoms. The second-order valence-corrected chi connectivity index (χ2v) is 4.40. The van der Waals surface area contributed by atoms with E-state index in [2.05, 4.69) is 35.9 Å². The van der Waals surface area contributed by atoms with Crippen molar-refractivity contribution in [3.63, 3.8) is 0 Å². The molecule has 0 saturated carbocycles. The normalized spacial score (nSPS) is 18.9. The minimum atomic E-state index is 1.24. The molecule has 1 saturated heterocycles. The van der Waals surface area contributed by atoms with Crippen LogP contribution < -0.4 is 0 Å². The van der Waals surface area contributed by atoms with E-state index in [4.69, 9.17) is 0 Å². The zero-order valence-electron chi connectivity index (χ0n) is 7.96. The summed E-state index contributed by atoms with van der Waals surface area (Å²) in [5, 5.41) is 0. The highest BCUT2D eigenvalue weighted by Gasteiger charge is 2.04. The number of hydrogen-bond donors (Lipinski definition) is 0. The minimum Gasteiger partial charge on any atom is -0.376 e. The first-order valence-corrected chi connectivity index (χ1v) is 6.07. The van der Waals surface area contributed by atoms with Crippen molar-refractivity contribution in [2.45, 2.75) is 26.2 Å². The second kappa shape index (κ2) is 6.41. The highest BCUT2D eigenvalue weighted by Crippen LogP contribution is 2.09. The lowest BCUT2D eigenvalue weighted by atomic mass is 10.2. The van der Waals surface area contributed by atoms with E-state index in [-0.39, 0.29) is 0 Å². The van der Waals surface area contributed by atoms with Gasteiger partial charge < -0.3 is 4.90 Å². The quantitative estimate of drug-likeness (QED) is 0.620. The van der Waals surface area contributed by atoms with Gasteiger partial charge in [-0.05, 0) is 12.6 Å². The Bertz CT molecular complexity index is 128. The average Bonchev–Trinajstić information content (AvgIpc) is 2.14. The van der Waals surface area contributed by atoms with Crippen molar-refractivity contribution in [1.82, 2.24) is 4.90 Å². The summed E-state index contributed by atoms with van der Waals surface area (Å²) < 4.78 is 0. The largest absolute Gasteiger partial charge is 0.376 e. The summed E-state index contributed by atoms with van der Waals surface area (Å²) >= 11 is 2.07. The fraction of sp³-hybridized carbons (Fsp3) is 0.800. The van der Waals surface area contributed by atoms with Crippen LogP contribution in [0.3, 0.4) is 0 Å². The van der Waals surface area contributed by atoms with Crippen LogP contribution in [0.5, 0.6) is 0 Å². The van der Waals surface area contributed by atoms with Gasteiger partial charge in [-0.25, -0.2) is 0 Å². The first-order chi connectivity index (χ1) is 5.93. The van der Waals surface area contributed by atoms with Gasteiger partial charge in [0, 0.05) is 24.6 Å². The summed E-state index contributed by atoms with van der Waals surface area (Å²) in [5.41, 5.74) is 0.